The molecule has 0 unspecified atom stereocenters. The minimum atomic E-state index is 0.755. The van der Waals surface area contributed by atoms with Crippen molar-refractivity contribution in [1.82, 2.24) is 9.88 Å². The molecule has 1 aromatic heterocycles. The van der Waals surface area contributed by atoms with E-state index in [1.54, 1.807) is 0 Å². The Bertz CT molecular complexity index is 1070. The highest BCUT2D eigenvalue weighted by Crippen LogP contribution is 2.27. The molecule has 0 amide bonds. The lowest BCUT2D eigenvalue weighted by Gasteiger charge is -2.26. The number of nitrogens with zero attached hydrogens (tertiary/aromatic N) is 3. The zero-order valence-electron chi connectivity index (χ0n) is 16.3. The van der Waals surface area contributed by atoms with Crippen LogP contribution < -0.4 is 4.74 Å². The van der Waals surface area contributed by atoms with Gasteiger partial charge in [-0.25, -0.2) is 0 Å². The minimum Gasteiger partial charge on any atom is -0.457 e. The maximum Gasteiger partial charge on any atom is 0.128 e. The van der Waals surface area contributed by atoms with E-state index in [-0.39, 0.29) is 0 Å². The summed E-state index contributed by atoms with van der Waals surface area (Å²) in [4.78, 5) is 11.3. The largest absolute Gasteiger partial charge is 0.457 e. The monoisotopic (exact) mass is 385 g/mol. The summed E-state index contributed by atoms with van der Waals surface area (Å²) in [6, 6.07) is 16.4. The third-order valence-corrected chi connectivity index (χ3v) is 5.32. The Morgan fingerprint density at radius 1 is 0.966 bits per heavy atom. The van der Waals surface area contributed by atoms with Crippen molar-refractivity contribution < 1.29 is 9.47 Å². The SMILES string of the molecule is C1=NCC(c2ccc(Oc3ccc4ncc(CN5CCOCC5)cc4c3)cc2)=C1. The summed E-state index contributed by atoms with van der Waals surface area (Å²) in [5.41, 5.74) is 4.62. The average Bonchev–Trinajstić information content (AvgIpc) is 3.30. The number of hydrogen-bond donors (Lipinski definition) is 0. The molecule has 3 heterocycles. The van der Waals surface area contributed by atoms with Gasteiger partial charge in [-0.3, -0.25) is 14.9 Å². The lowest BCUT2D eigenvalue weighted by molar-refractivity contribution is 0.0341. The number of pyridine rings is 1. The summed E-state index contributed by atoms with van der Waals surface area (Å²) in [5.74, 6) is 1.64. The first-order valence-electron chi connectivity index (χ1n) is 10.00. The first kappa shape index (κ1) is 18.0. The lowest BCUT2D eigenvalue weighted by atomic mass is 10.1. The lowest BCUT2D eigenvalue weighted by Crippen LogP contribution is -2.35. The van der Waals surface area contributed by atoms with Gasteiger partial charge in [-0.2, -0.15) is 0 Å². The quantitative estimate of drug-likeness (QED) is 0.656. The van der Waals surface area contributed by atoms with Crippen LogP contribution >= 0.6 is 0 Å². The molecular formula is C24H23N3O2. The van der Waals surface area contributed by atoms with Gasteiger partial charge in [0, 0.05) is 37.4 Å². The van der Waals surface area contributed by atoms with E-state index in [1.807, 2.05) is 36.7 Å². The van der Waals surface area contributed by atoms with Gasteiger partial charge in [-0.05, 0) is 59.2 Å². The topological polar surface area (TPSA) is 47.0 Å². The number of hydrogen-bond acceptors (Lipinski definition) is 5. The molecule has 3 aromatic rings. The number of rotatable bonds is 5. The number of aromatic nitrogens is 1. The number of benzene rings is 2. The van der Waals surface area contributed by atoms with Crippen LogP contribution in [0.4, 0.5) is 0 Å². The Labute approximate surface area is 170 Å². The van der Waals surface area contributed by atoms with E-state index in [0.717, 1.165) is 61.8 Å². The van der Waals surface area contributed by atoms with E-state index in [9.17, 15) is 0 Å². The van der Waals surface area contributed by atoms with Gasteiger partial charge in [-0.1, -0.05) is 12.1 Å². The van der Waals surface area contributed by atoms with Crippen molar-refractivity contribution in [2.24, 2.45) is 4.99 Å². The molecule has 1 fully saturated rings. The van der Waals surface area contributed by atoms with Gasteiger partial charge in [0.25, 0.3) is 0 Å². The molecule has 0 radical (unpaired) electrons. The van der Waals surface area contributed by atoms with Crippen LogP contribution in [-0.2, 0) is 11.3 Å². The zero-order chi connectivity index (χ0) is 19.5. The van der Waals surface area contributed by atoms with Crippen molar-refractivity contribution in [2.75, 3.05) is 32.8 Å². The molecule has 5 nitrogen and oxygen atoms in total. The minimum absolute atomic E-state index is 0.755. The molecule has 0 bridgehead atoms. The van der Waals surface area contributed by atoms with E-state index in [0.29, 0.717) is 0 Å². The third kappa shape index (κ3) is 4.21. The van der Waals surface area contributed by atoms with Crippen LogP contribution in [0.15, 0.2) is 65.8 Å². The average molecular weight is 385 g/mol. The van der Waals surface area contributed by atoms with Crippen molar-refractivity contribution in [3.8, 4) is 11.5 Å². The van der Waals surface area contributed by atoms with Gasteiger partial charge >= 0.3 is 0 Å². The Hall–Kier alpha value is -3.02. The molecule has 5 heteroatoms. The molecular weight excluding hydrogens is 362 g/mol. The first-order chi connectivity index (χ1) is 14.3. The summed E-state index contributed by atoms with van der Waals surface area (Å²) >= 11 is 0. The normalized spacial score (nSPS) is 16.9. The number of aliphatic imine (C=N–C) groups is 1. The Kier molecular flexibility index (Phi) is 5.07. The van der Waals surface area contributed by atoms with Crippen molar-refractivity contribution >= 4 is 22.7 Å². The predicted molar refractivity (Wildman–Crippen MR) is 116 cm³/mol. The summed E-state index contributed by atoms with van der Waals surface area (Å²) in [7, 11) is 0. The molecule has 0 N–H and O–H groups in total. The fourth-order valence-electron chi connectivity index (χ4n) is 3.73. The Morgan fingerprint density at radius 3 is 2.59 bits per heavy atom. The molecule has 0 saturated carbocycles. The number of allylic oxidation sites excluding steroid dienone is 1. The van der Waals surface area contributed by atoms with Gasteiger partial charge < -0.3 is 9.47 Å². The molecule has 2 aliphatic rings. The van der Waals surface area contributed by atoms with E-state index in [1.165, 1.54) is 16.7 Å². The summed E-state index contributed by atoms with van der Waals surface area (Å²) in [5, 5.41) is 1.10. The highest BCUT2D eigenvalue weighted by molar-refractivity contribution is 5.89. The molecule has 0 aliphatic carbocycles. The number of fused-ring (bicyclic) bond motifs is 1. The Balaban J connectivity index is 1.32. The highest BCUT2D eigenvalue weighted by Gasteiger charge is 2.11. The smallest absolute Gasteiger partial charge is 0.128 e. The van der Waals surface area contributed by atoms with Gasteiger partial charge in [0.05, 0.1) is 25.3 Å². The highest BCUT2D eigenvalue weighted by atomic mass is 16.5. The van der Waals surface area contributed by atoms with Crippen molar-refractivity contribution in [1.29, 1.82) is 0 Å². The second-order valence-corrected chi connectivity index (χ2v) is 7.39. The zero-order valence-corrected chi connectivity index (χ0v) is 16.3. The second kappa shape index (κ2) is 8.15. The third-order valence-electron chi connectivity index (χ3n) is 5.32. The van der Waals surface area contributed by atoms with Gasteiger partial charge in [0.1, 0.15) is 11.5 Å². The van der Waals surface area contributed by atoms with Crippen molar-refractivity contribution in [2.45, 2.75) is 6.54 Å². The molecule has 0 spiro atoms. The molecule has 29 heavy (non-hydrogen) atoms. The van der Waals surface area contributed by atoms with Crippen LogP contribution in [0.5, 0.6) is 11.5 Å². The molecule has 0 atom stereocenters. The van der Waals surface area contributed by atoms with Crippen LogP contribution in [0.25, 0.3) is 16.5 Å². The number of ether oxygens (including phenoxy) is 2. The summed E-state index contributed by atoms with van der Waals surface area (Å²) in [6.45, 7) is 5.22. The maximum absolute atomic E-state index is 6.09. The number of morpholine rings is 1. The molecule has 2 aliphatic heterocycles. The second-order valence-electron chi connectivity index (χ2n) is 7.39. The van der Waals surface area contributed by atoms with Crippen LogP contribution in [0.2, 0.25) is 0 Å². The summed E-state index contributed by atoms with van der Waals surface area (Å²) < 4.78 is 11.5. The van der Waals surface area contributed by atoms with Gasteiger partial charge in [0.2, 0.25) is 0 Å². The van der Waals surface area contributed by atoms with E-state index < -0.39 is 0 Å². The van der Waals surface area contributed by atoms with E-state index in [4.69, 9.17) is 9.47 Å². The Morgan fingerprint density at radius 2 is 1.79 bits per heavy atom. The standard InChI is InChI=1S/C24H23N3O2/c1-3-22(4-2-19(1)20-7-8-25-16-20)29-23-5-6-24-21(14-23)13-18(15-26-24)17-27-9-11-28-12-10-27/h1-8,13-15H,9-12,16-17H2. The van der Waals surface area contributed by atoms with Gasteiger partial charge in [-0.15, -0.1) is 0 Å². The molecule has 1 saturated heterocycles. The van der Waals surface area contributed by atoms with E-state index in [2.05, 4.69) is 45.2 Å². The maximum atomic E-state index is 6.09. The van der Waals surface area contributed by atoms with Crippen LogP contribution in [0, 0.1) is 0 Å². The fraction of sp³-hybridized carbons (Fsp3) is 0.250. The first-order valence-corrected chi connectivity index (χ1v) is 10.00. The van der Waals surface area contributed by atoms with E-state index >= 15 is 0 Å². The van der Waals surface area contributed by atoms with Gasteiger partial charge in [0.15, 0.2) is 0 Å². The molecule has 146 valence electrons. The van der Waals surface area contributed by atoms with Crippen LogP contribution in [0.3, 0.4) is 0 Å². The fourth-order valence-corrected chi connectivity index (χ4v) is 3.73. The predicted octanol–water partition coefficient (Wildman–Crippen LogP) is 4.33. The summed E-state index contributed by atoms with van der Waals surface area (Å²) in [6.07, 6.45) is 5.88. The molecule has 5 rings (SSSR count). The molecule has 2 aromatic carbocycles. The van der Waals surface area contributed by atoms with Crippen LogP contribution in [0.1, 0.15) is 11.1 Å². The van der Waals surface area contributed by atoms with Crippen molar-refractivity contribution in [3.05, 3.63) is 71.9 Å². The van der Waals surface area contributed by atoms with Crippen molar-refractivity contribution in [3.63, 3.8) is 0 Å². The van der Waals surface area contributed by atoms with Crippen LogP contribution in [-0.4, -0.2) is 48.9 Å².